The molecule has 110 valence electrons. The van der Waals surface area contributed by atoms with Gasteiger partial charge in [-0.05, 0) is 41.0 Å². The van der Waals surface area contributed by atoms with E-state index in [1.807, 2.05) is 12.1 Å². The molecule has 2 aromatic rings. The van der Waals surface area contributed by atoms with Gasteiger partial charge in [-0.3, -0.25) is 0 Å². The number of ether oxygens (including phenoxy) is 1. The number of rotatable bonds is 3. The Kier molecular flexibility index (Phi) is 4.20. The fraction of sp³-hybridized carbons (Fsp3) is 0.250. The highest BCUT2D eigenvalue weighted by Crippen LogP contribution is 2.35. The summed E-state index contributed by atoms with van der Waals surface area (Å²) in [4.78, 5) is 0. The smallest absolute Gasteiger partial charge is 0.141 e. The summed E-state index contributed by atoms with van der Waals surface area (Å²) in [6.45, 7) is 0.664. The molecule has 0 spiro atoms. The molecule has 0 aliphatic carbocycles. The van der Waals surface area contributed by atoms with Crippen LogP contribution in [0.5, 0.6) is 5.75 Å². The van der Waals surface area contributed by atoms with Crippen molar-refractivity contribution in [3.8, 4) is 5.75 Å². The molecule has 0 radical (unpaired) electrons. The summed E-state index contributed by atoms with van der Waals surface area (Å²) < 4.78 is 19.8. The highest BCUT2D eigenvalue weighted by Gasteiger charge is 2.20. The van der Waals surface area contributed by atoms with E-state index in [4.69, 9.17) is 16.3 Å². The molecule has 1 atom stereocenters. The fourth-order valence-electron chi connectivity index (χ4n) is 2.54. The molecule has 0 bridgehead atoms. The van der Waals surface area contributed by atoms with Gasteiger partial charge in [-0.1, -0.05) is 33.6 Å². The Balaban J connectivity index is 1.88. The minimum absolute atomic E-state index is 0.0160. The Morgan fingerprint density at radius 2 is 2.14 bits per heavy atom. The summed E-state index contributed by atoms with van der Waals surface area (Å²) in [6.07, 6.45) is 0.509. The lowest BCUT2D eigenvalue weighted by Gasteiger charge is -2.14. The molecule has 2 aromatic carbocycles. The molecule has 5 heteroatoms. The first-order chi connectivity index (χ1) is 10.0. The standard InChI is InChI=1S/C16H13BrClFO2/c17-12-5-10-3-4-21-16(10)11(6-12)8-15(20)9-1-2-14(19)13(18)7-9/h1-2,5-7,15,20H,3-4,8H2. The third kappa shape index (κ3) is 3.07. The van der Waals surface area contributed by atoms with Crippen molar-refractivity contribution in [2.75, 3.05) is 6.61 Å². The molecular weight excluding hydrogens is 359 g/mol. The first kappa shape index (κ1) is 14.8. The average molecular weight is 372 g/mol. The third-order valence-corrected chi connectivity index (χ3v) is 4.31. The molecule has 0 amide bonds. The Bertz CT molecular complexity index is 690. The lowest BCUT2D eigenvalue weighted by molar-refractivity contribution is 0.177. The van der Waals surface area contributed by atoms with Gasteiger partial charge in [0, 0.05) is 17.3 Å². The van der Waals surface area contributed by atoms with E-state index < -0.39 is 11.9 Å². The van der Waals surface area contributed by atoms with Crippen LogP contribution in [0.4, 0.5) is 4.39 Å². The second-order valence-electron chi connectivity index (χ2n) is 5.05. The number of hydrogen-bond donors (Lipinski definition) is 1. The second kappa shape index (κ2) is 5.95. The molecule has 0 fully saturated rings. The van der Waals surface area contributed by atoms with Crippen LogP contribution in [0.15, 0.2) is 34.8 Å². The van der Waals surface area contributed by atoms with E-state index in [1.54, 1.807) is 6.07 Å². The number of benzene rings is 2. The summed E-state index contributed by atoms with van der Waals surface area (Å²) >= 11 is 9.24. The molecule has 3 rings (SSSR count). The highest BCUT2D eigenvalue weighted by atomic mass is 79.9. The van der Waals surface area contributed by atoms with Gasteiger partial charge in [-0.25, -0.2) is 4.39 Å². The zero-order valence-corrected chi connectivity index (χ0v) is 13.4. The predicted octanol–water partition coefficient (Wildman–Crippen LogP) is 4.45. The van der Waals surface area contributed by atoms with Crippen LogP contribution in [-0.4, -0.2) is 11.7 Å². The van der Waals surface area contributed by atoms with Gasteiger partial charge in [-0.2, -0.15) is 0 Å². The maximum Gasteiger partial charge on any atom is 0.141 e. The predicted molar refractivity (Wildman–Crippen MR) is 83.4 cm³/mol. The third-order valence-electron chi connectivity index (χ3n) is 3.57. The molecular formula is C16H13BrClFO2. The Morgan fingerprint density at radius 1 is 1.33 bits per heavy atom. The number of aliphatic hydroxyl groups is 1. The summed E-state index contributed by atoms with van der Waals surface area (Å²) in [5.74, 6) is 0.366. The van der Waals surface area contributed by atoms with Crippen molar-refractivity contribution in [1.29, 1.82) is 0 Å². The lowest BCUT2D eigenvalue weighted by Crippen LogP contribution is -2.04. The van der Waals surface area contributed by atoms with Crippen LogP contribution in [0, 0.1) is 5.82 Å². The van der Waals surface area contributed by atoms with Gasteiger partial charge in [0.1, 0.15) is 11.6 Å². The summed E-state index contributed by atoms with van der Waals surface area (Å²) in [5.41, 5.74) is 2.67. The first-order valence-corrected chi connectivity index (χ1v) is 7.79. The van der Waals surface area contributed by atoms with Gasteiger partial charge in [-0.15, -0.1) is 0 Å². The minimum Gasteiger partial charge on any atom is -0.493 e. The van der Waals surface area contributed by atoms with E-state index in [0.717, 1.165) is 27.8 Å². The van der Waals surface area contributed by atoms with Gasteiger partial charge in [0.25, 0.3) is 0 Å². The molecule has 1 heterocycles. The quantitative estimate of drug-likeness (QED) is 0.863. The molecule has 0 aromatic heterocycles. The number of aliphatic hydroxyl groups excluding tert-OH is 1. The number of halogens is 3. The summed E-state index contributed by atoms with van der Waals surface area (Å²) in [6, 6.07) is 8.25. The van der Waals surface area contributed by atoms with Crippen LogP contribution < -0.4 is 4.74 Å². The molecule has 0 saturated heterocycles. The first-order valence-electron chi connectivity index (χ1n) is 6.61. The zero-order chi connectivity index (χ0) is 15.0. The normalized spacial score (nSPS) is 14.7. The molecule has 1 aliphatic rings. The van der Waals surface area contributed by atoms with Crippen LogP contribution in [-0.2, 0) is 12.8 Å². The summed E-state index contributed by atoms with van der Waals surface area (Å²) in [7, 11) is 0. The van der Waals surface area contributed by atoms with Crippen LogP contribution in [0.3, 0.4) is 0 Å². The van der Waals surface area contributed by atoms with Crippen molar-refractivity contribution in [1.82, 2.24) is 0 Å². The fourth-order valence-corrected chi connectivity index (χ4v) is 3.29. The van der Waals surface area contributed by atoms with Gasteiger partial charge in [0.15, 0.2) is 0 Å². The maximum atomic E-state index is 13.2. The minimum atomic E-state index is -0.759. The number of fused-ring (bicyclic) bond motifs is 1. The van der Waals surface area contributed by atoms with Crippen molar-refractivity contribution in [2.45, 2.75) is 18.9 Å². The monoisotopic (exact) mass is 370 g/mol. The van der Waals surface area contributed by atoms with Gasteiger partial charge in [0.05, 0.1) is 17.7 Å². The molecule has 1 aliphatic heterocycles. The van der Waals surface area contributed by atoms with Crippen molar-refractivity contribution in [2.24, 2.45) is 0 Å². The highest BCUT2D eigenvalue weighted by molar-refractivity contribution is 9.10. The number of hydrogen-bond acceptors (Lipinski definition) is 2. The van der Waals surface area contributed by atoms with Gasteiger partial charge >= 0.3 is 0 Å². The molecule has 21 heavy (non-hydrogen) atoms. The van der Waals surface area contributed by atoms with Crippen molar-refractivity contribution >= 4 is 27.5 Å². The largest absolute Gasteiger partial charge is 0.493 e. The van der Waals surface area contributed by atoms with Crippen LogP contribution in [0.1, 0.15) is 22.8 Å². The Hall–Kier alpha value is -1.10. The van der Waals surface area contributed by atoms with E-state index in [0.29, 0.717) is 18.6 Å². The zero-order valence-electron chi connectivity index (χ0n) is 11.1. The topological polar surface area (TPSA) is 29.5 Å². The van der Waals surface area contributed by atoms with Crippen molar-refractivity contribution < 1.29 is 14.2 Å². The van der Waals surface area contributed by atoms with E-state index in [1.165, 1.54) is 12.1 Å². The van der Waals surface area contributed by atoms with Crippen LogP contribution in [0.2, 0.25) is 5.02 Å². The van der Waals surface area contributed by atoms with E-state index in [9.17, 15) is 9.50 Å². The Labute approximate surface area is 135 Å². The van der Waals surface area contributed by atoms with Crippen LogP contribution in [0.25, 0.3) is 0 Å². The Morgan fingerprint density at radius 3 is 2.90 bits per heavy atom. The van der Waals surface area contributed by atoms with Crippen molar-refractivity contribution in [3.05, 3.63) is 62.3 Å². The van der Waals surface area contributed by atoms with E-state index in [2.05, 4.69) is 15.9 Å². The lowest BCUT2D eigenvalue weighted by atomic mass is 9.99. The van der Waals surface area contributed by atoms with Gasteiger partial charge in [0.2, 0.25) is 0 Å². The summed E-state index contributed by atoms with van der Waals surface area (Å²) in [5, 5.41) is 10.4. The average Bonchev–Trinajstić information content (AvgIpc) is 2.90. The SMILES string of the molecule is OC(Cc1cc(Br)cc2c1OCC2)c1ccc(F)c(Cl)c1. The van der Waals surface area contributed by atoms with Crippen molar-refractivity contribution in [3.63, 3.8) is 0 Å². The molecule has 0 saturated carbocycles. The van der Waals surface area contributed by atoms with Crippen LogP contribution >= 0.6 is 27.5 Å². The molecule has 1 N–H and O–H groups in total. The van der Waals surface area contributed by atoms with E-state index in [-0.39, 0.29) is 5.02 Å². The second-order valence-corrected chi connectivity index (χ2v) is 6.37. The van der Waals surface area contributed by atoms with E-state index >= 15 is 0 Å². The van der Waals surface area contributed by atoms with Gasteiger partial charge < -0.3 is 9.84 Å². The molecule has 1 unspecified atom stereocenters. The molecule has 2 nitrogen and oxygen atoms in total. The maximum absolute atomic E-state index is 13.2.